The van der Waals surface area contributed by atoms with Crippen molar-refractivity contribution in [3.63, 3.8) is 0 Å². The summed E-state index contributed by atoms with van der Waals surface area (Å²) in [6.45, 7) is 5.91. The second-order valence-electron chi connectivity index (χ2n) is 5.15. The molecule has 0 aliphatic carbocycles. The summed E-state index contributed by atoms with van der Waals surface area (Å²) in [6, 6.07) is 9.14. The number of nitrogens with zero attached hydrogens (tertiary/aromatic N) is 1. The van der Waals surface area contributed by atoms with Crippen LogP contribution in [0.3, 0.4) is 0 Å². The number of hydrogen-bond donors (Lipinski definition) is 1. The molecule has 122 valence electrons. The minimum absolute atomic E-state index is 0.142. The standard InChI is InChI=1S/C17H19BrN2O3/c1-4-23-17(22)15-8-11(2)20(12(15)3)10-16(21)19-14-7-5-6-13(18)9-14/h5-9H,4,10H2,1-3H3,(H,19,21). The fourth-order valence-corrected chi connectivity index (χ4v) is 2.77. The van der Waals surface area contributed by atoms with E-state index in [1.54, 1.807) is 17.6 Å². The minimum atomic E-state index is -0.362. The lowest BCUT2D eigenvalue weighted by Gasteiger charge is -2.10. The summed E-state index contributed by atoms with van der Waals surface area (Å²) in [4.78, 5) is 24.1. The van der Waals surface area contributed by atoms with Crippen LogP contribution < -0.4 is 5.32 Å². The number of halogens is 1. The molecule has 1 N–H and O–H groups in total. The average molecular weight is 379 g/mol. The normalized spacial score (nSPS) is 10.4. The fraction of sp³-hybridized carbons (Fsp3) is 0.294. The van der Waals surface area contributed by atoms with Crippen LogP contribution in [0.25, 0.3) is 0 Å². The number of hydrogen-bond acceptors (Lipinski definition) is 3. The van der Waals surface area contributed by atoms with Crippen LogP contribution in [-0.4, -0.2) is 23.1 Å². The summed E-state index contributed by atoms with van der Waals surface area (Å²) < 4.78 is 7.73. The van der Waals surface area contributed by atoms with E-state index in [-0.39, 0.29) is 18.4 Å². The molecular formula is C17H19BrN2O3. The number of aromatic nitrogens is 1. The predicted octanol–water partition coefficient (Wildman–Crippen LogP) is 3.68. The molecule has 0 spiro atoms. The molecule has 1 amide bonds. The molecule has 1 heterocycles. The van der Waals surface area contributed by atoms with Crippen LogP contribution in [0.5, 0.6) is 0 Å². The van der Waals surface area contributed by atoms with E-state index >= 15 is 0 Å². The molecule has 0 saturated carbocycles. The van der Waals surface area contributed by atoms with Crippen molar-refractivity contribution in [3.05, 3.63) is 51.8 Å². The zero-order valence-corrected chi connectivity index (χ0v) is 14.9. The van der Waals surface area contributed by atoms with E-state index in [0.29, 0.717) is 12.2 Å². The van der Waals surface area contributed by atoms with Gasteiger partial charge in [-0.3, -0.25) is 4.79 Å². The zero-order chi connectivity index (χ0) is 17.0. The summed E-state index contributed by atoms with van der Waals surface area (Å²) in [5, 5.41) is 2.84. The topological polar surface area (TPSA) is 60.3 Å². The second kappa shape index (κ2) is 7.46. The quantitative estimate of drug-likeness (QED) is 0.807. The first kappa shape index (κ1) is 17.3. The molecule has 2 rings (SSSR count). The van der Waals surface area contributed by atoms with Gasteiger partial charge in [0.1, 0.15) is 6.54 Å². The van der Waals surface area contributed by atoms with Crippen molar-refractivity contribution < 1.29 is 14.3 Å². The van der Waals surface area contributed by atoms with Crippen LogP contribution >= 0.6 is 15.9 Å². The highest BCUT2D eigenvalue weighted by Crippen LogP contribution is 2.18. The van der Waals surface area contributed by atoms with Crippen LogP contribution in [0, 0.1) is 13.8 Å². The van der Waals surface area contributed by atoms with Gasteiger partial charge in [-0.2, -0.15) is 0 Å². The van der Waals surface area contributed by atoms with Crippen molar-refractivity contribution in [2.75, 3.05) is 11.9 Å². The maximum absolute atomic E-state index is 12.2. The average Bonchev–Trinajstić information content (AvgIpc) is 2.75. The number of rotatable bonds is 5. The van der Waals surface area contributed by atoms with Crippen molar-refractivity contribution in [1.29, 1.82) is 0 Å². The third-order valence-corrected chi connectivity index (χ3v) is 3.97. The Labute approximate surface area is 143 Å². The molecule has 0 bridgehead atoms. The zero-order valence-electron chi connectivity index (χ0n) is 13.4. The number of carbonyl (C=O) groups is 2. The van der Waals surface area contributed by atoms with Crippen LogP contribution in [0.15, 0.2) is 34.8 Å². The largest absolute Gasteiger partial charge is 0.462 e. The molecule has 1 aromatic carbocycles. The van der Waals surface area contributed by atoms with Crippen molar-refractivity contribution in [2.45, 2.75) is 27.3 Å². The molecule has 2 aromatic rings. The van der Waals surface area contributed by atoms with Crippen LogP contribution in [0.1, 0.15) is 28.7 Å². The molecule has 0 aliphatic rings. The summed E-state index contributed by atoms with van der Waals surface area (Å²) in [7, 11) is 0. The molecule has 0 aliphatic heterocycles. The van der Waals surface area contributed by atoms with Crippen molar-refractivity contribution >= 4 is 33.5 Å². The number of benzene rings is 1. The van der Waals surface area contributed by atoms with E-state index in [4.69, 9.17) is 4.74 Å². The Bertz CT molecular complexity index is 737. The number of ether oxygens (including phenoxy) is 1. The van der Waals surface area contributed by atoms with E-state index < -0.39 is 0 Å². The summed E-state index contributed by atoms with van der Waals surface area (Å²) in [5.41, 5.74) is 2.79. The lowest BCUT2D eigenvalue weighted by molar-refractivity contribution is -0.116. The molecule has 6 heteroatoms. The smallest absolute Gasteiger partial charge is 0.339 e. The molecule has 0 unspecified atom stereocenters. The number of aryl methyl sites for hydroxylation is 1. The van der Waals surface area contributed by atoms with E-state index in [1.165, 1.54) is 0 Å². The maximum atomic E-state index is 12.2. The van der Waals surface area contributed by atoms with Gasteiger partial charge in [-0.25, -0.2) is 4.79 Å². The van der Waals surface area contributed by atoms with E-state index in [0.717, 1.165) is 21.5 Å². The van der Waals surface area contributed by atoms with Gasteiger partial charge in [-0.1, -0.05) is 22.0 Å². The Hall–Kier alpha value is -2.08. The van der Waals surface area contributed by atoms with Gasteiger partial charge in [0.2, 0.25) is 5.91 Å². The van der Waals surface area contributed by atoms with Gasteiger partial charge in [-0.15, -0.1) is 0 Å². The fourth-order valence-electron chi connectivity index (χ4n) is 2.37. The predicted molar refractivity (Wildman–Crippen MR) is 92.6 cm³/mol. The van der Waals surface area contributed by atoms with Gasteiger partial charge in [0, 0.05) is 21.5 Å². The number of nitrogens with one attached hydrogen (secondary N) is 1. The molecule has 0 saturated heterocycles. The molecule has 0 fully saturated rings. The molecular weight excluding hydrogens is 360 g/mol. The number of amides is 1. The summed E-state index contributed by atoms with van der Waals surface area (Å²) in [6.07, 6.45) is 0. The second-order valence-corrected chi connectivity index (χ2v) is 6.07. The Balaban J connectivity index is 2.13. The highest BCUT2D eigenvalue weighted by molar-refractivity contribution is 9.10. The van der Waals surface area contributed by atoms with Crippen LogP contribution in [0.4, 0.5) is 5.69 Å². The Morgan fingerprint density at radius 2 is 2.00 bits per heavy atom. The van der Waals surface area contributed by atoms with E-state index in [2.05, 4.69) is 21.2 Å². The number of carbonyl (C=O) groups excluding carboxylic acids is 2. The van der Waals surface area contributed by atoms with Crippen LogP contribution in [-0.2, 0) is 16.1 Å². The Morgan fingerprint density at radius 1 is 1.26 bits per heavy atom. The van der Waals surface area contributed by atoms with E-state index in [9.17, 15) is 9.59 Å². The van der Waals surface area contributed by atoms with E-state index in [1.807, 2.05) is 38.1 Å². The molecule has 0 atom stereocenters. The third-order valence-electron chi connectivity index (χ3n) is 3.48. The molecule has 5 nitrogen and oxygen atoms in total. The summed E-state index contributed by atoms with van der Waals surface area (Å²) in [5.74, 6) is -0.514. The number of esters is 1. The highest BCUT2D eigenvalue weighted by atomic mass is 79.9. The lowest BCUT2D eigenvalue weighted by Crippen LogP contribution is -2.20. The van der Waals surface area contributed by atoms with Gasteiger partial charge in [0.25, 0.3) is 0 Å². The van der Waals surface area contributed by atoms with Gasteiger partial charge < -0.3 is 14.6 Å². The Morgan fingerprint density at radius 3 is 2.65 bits per heavy atom. The summed E-state index contributed by atoms with van der Waals surface area (Å²) >= 11 is 3.37. The first-order valence-electron chi connectivity index (χ1n) is 7.31. The van der Waals surface area contributed by atoms with Crippen molar-refractivity contribution in [1.82, 2.24) is 4.57 Å². The highest BCUT2D eigenvalue weighted by Gasteiger charge is 2.18. The van der Waals surface area contributed by atoms with Crippen molar-refractivity contribution in [2.24, 2.45) is 0 Å². The van der Waals surface area contributed by atoms with Gasteiger partial charge in [0.15, 0.2) is 0 Å². The first-order chi connectivity index (χ1) is 10.9. The first-order valence-corrected chi connectivity index (χ1v) is 8.11. The maximum Gasteiger partial charge on any atom is 0.339 e. The number of anilines is 1. The monoisotopic (exact) mass is 378 g/mol. The van der Waals surface area contributed by atoms with Crippen molar-refractivity contribution in [3.8, 4) is 0 Å². The van der Waals surface area contributed by atoms with Gasteiger partial charge >= 0.3 is 5.97 Å². The van der Waals surface area contributed by atoms with Gasteiger partial charge in [0.05, 0.1) is 12.2 Å². The molecule has 0 radical (unpaired) electrons. The Kier molecular flexibility index (Phi) is 5.60. The lowest BCUT2D eigenvalue weighted by atomic mass is 10.2. The van der Waals surface area contributed by atoms with Gasteiger partial charge in [-0.05, 0) is 45.0 Å². The third kappa shape index (κ3) is 4.22. The molecule has 1 aromatic heterocycles. The minimum Gasteiger partial charge on any atom is -0.462 e. The molecule has 23 heavy (non-hydrogen) atoms. The SMILES string of the molecule is CCOC(=O)c1cc(C)n(CC(=O)Nc2cccc(Br)c2)c1C. The van der Waals surface area contributed by atoms with Crippen LogP contribution in [0.2, 0.25) is 0 Å².